The van der Waals surface area contributed by atoms with Gasteiger partial charge in [-0.1, -0.05) is 35.2 Å². The van der Waals surface area contributed by atoms with E-state index in [4.69, 9.17) is 0 Å². The lowest BCUT2D eigenvalue weighted by molar-refractivity contribution is -0.138. The van der Waals surface area contributed by atoms with Crippen molar-refractivity contribution < 1.29 is 18.0 Å². The second kappa shape index (κ2) is 5.99. The van der Waals surface area contributed by atoms with Crippen LogP contribution in [0.4, 0.5) is 13.2 Å². The zero-order chi connectivity index (χ0) is 15.7. The topological polar surface area (TPSA) is 29.1 Å². The molecule has 1 aliphatic carbocycles. The third-order valence-electron chi connectivity index (χ3n) is 3.90. The van der Waals surface area contributed by atoms with Crippen LogP contribution in [0.5, 0.6) is 0 Å². The van der Waals surface area contributed by atoms with Crippen LogP contribution in [0.3, 0.4) is 0 Å². The Kier molecular flexibility index (Phi) is 4.66. The Morgan fingerprint density at radius 2 is 1.86 bits per heavy atom. The minimum atomic E-state index is -4.55. The summed E-state index contributed by atoms with van der Waals surface area (Å²) >= 11 is 3.02. The summed E-state index contributed by atoms with van der Waals surface area (Å²) in [6.45, 7) is 1.90. The van der Waals surface area contributed by atoms with Crippen molar-refractivity contribution in [2.75, 3.05) is 0 Å². The van der Waals surface area contributed by atoms with Crippen molar-refractivity contribution in [1.82, 2.24) is 5.32 Å². The summed E-state index contributed by atoms with van der Waals surface area (Å²) in [5.41, 5.74) is -1.64. The molecule has 2 rings (SSSR count). The number of benzene rings is 1. The lowest BCUT2D eigenvalue weighted by Gasteiger charge is -2.34. The van der Waals surface area contributed by atoms with Crippen LogP contribution >= 0.6 is 15.9 Å². The highest BCUT2D eigenvalue weighted by atomic mass is 79.9. The maximum Gasteiger partial charge on any atom is 0.417 e. The molecule has 1 saturated carbocycles. The Bertz CT molecular complexity index is 536. The number of hydrogen-bond acceptors (Lipinski definition) is 1. The average Bonchev–Trinajstić information content (AvgIpc) is 2.37. The Labute approximate surface area is 130 Å². The highest BCUT2D eigenvalue weighted by Crippen LogP contribution is 2.35. The van der Waals surface area contributed by atoms with Crippen LogP contribution in [0.2, 0.25) is 0 Å². The molecule has 21 heavy (non-hydrogen) atoms. The standard InChI is InChI=1S/C15H17BrF3NO/c1-14(7-3-2-4-8-14)20-13(21)11-6-5-10(16)9-12(11)15(17,18)19/h5-6,9H,2-4,7-8H2,1H3,(H,20,21). The maximum absolute atomic E-state index is 13.1. The molecule has 0 aliphatic heterocycles. The Hall–Kier alpha value is -1.04. The Morgan fingerprint density at radius 1 is 1.24 bits per heavy atom. The molecule has 0 radical (unpaired) electrons. The van der Waals surface area contributed by atoms with Gasteiger partial charge in [-0.25, -0.2) is 0 Å². The zero-order valence-electron chi connectivity index (χ0n) is 11.7. The highest BCUT2D eigenvalue weighted by Gasteiger charge is 2.37. The first kappa shape index (κ1) is 16.3. The van der Waals surface area contributed by atoms with Gasteiger partial charge in [-0.15, -0.1) is 0 Å². The van der Waals surface area contributed by atoms with Gasteiger partial charge in [0.1, 0.15) is 0 Å². The molecule has 0 atom stereocenters. The van der Waals surface area contributed by atoms with Gasteiger partial charge in [0, 0.05) is 10.0 Å². The second-order valence-electron chi connectivity index (χ2n) is 5.76. The number of alkyl halides is 3. The van der Waals surface area contributed by atoms with Crippen molar-refractivity contribution in [3.63, 3.8) is 0 Å². The summed E-state index contributed by atoms with van der Waals surface area (Å²) in [4.78, 5) is 12.3. The summed E-state index contributed by atoms with van der Waals surface area (Å²) in [6, 6.07) is 3.61. The fourth-order valence-corrected chi connectivity index (χ4v) is 3.11. The number of hydrogen-bond donors (Lipinski definition) is 1. The van der Waals surface area contributed by atoms with E-state index in [9.17, 15) is 18.0 Å². The van der Waals surface area contributed by atoms with Crippen molar-refractivity contribution in [2.24, 2.45) is 0 Å². The predicted octanol–water partition coefficient (Wildman–Crippen LogP) is 4.92. The molecule has 1 amide bonds. The van der Waals surface area contributed by atoms with Crippen LogP contribution in [0.1, 0.15) is 54.9 Å². The Balaban J connectivity index is 2.27. The summed E-state index contributed by atoms with van der Waals surface area (Å²) in [7, 11) is 0. The monoisotopic (exact) mass is 363 g/mol. The summed E-state index contributed by atoms with van der Waals surface area (Å²) in [5.74, 6) is -0.653. The molecule has 0 heterocycles. The number of rotatable bonds is 2. The highest BCUT2D eigenvalue weighted by molar-refractivity contribution is 9.10. The zero-order valence-corrected chi connectivity index (χ0v) is 13.3. The van der Waals surface area contributed by atoms with Gasteiger partial charge < -0.3 is 5.32 Å². The molecule has 1 fully saturated rings. The number of carbonyl (C=O) groups is 1. The second-order valence-corrected chi connectivity index (χ2v) is 6.68. The maximum atomic E-state index is 13.1. The van der Waals surface area contributed by atoms with E-state index in [1.54, 1.807) is 0 Å². The van der Waals surface area contributed by atoms with Gasteiger partial charge in [0.15, 0.2) is 0 Å². The van der Waals surface area contributed by atoms with Crippen LogP contribution in [-0.4, -0.2) is 11.4 Å². The van der Waals surface area contributed by atoms with Crippen molar-refractivity contribution >= 4 is 21.8 Å². The van der Waals surface area contributed by atoms with E-state index in [2.05, 4.69) is 21.2 Å². The minimum absolute atomic E-state index is 0.301. The smallest absolute Gasteiger partial charge is 0.347 e. The molecular weight excluding hydrogens is 347 g/mol. The van der Waals surface area contributed by atoms with Gasteiger partial charge in [0.25, 0.3) is 5.91 Å². The molecule has 1 aromatic rings. The number of nitrogens with one attached hydrogen (secondary N) is 1. The normalized spacial score (nSPS) is 18.3. The lowest BCUT2D eigenvalue weighted by atomic mass is 9.83. The molecule has 0 saturated heterocycles. The van der Waals surface area contributed by atoms with Crippen LogP contribution < -0.4 is 5.32 Å². The van der Waals surface area contributed by atoms with Gasteiger partial charge in [0.2, 0.25) is 0 Å². The van der Waals surface area contributed by atoms with Gasteiger partial charge in [-0.2, -0.15) is 13.2 Å². The van der Waals surface area contributed by atoms with Crippen molar-refractivity contribution in [1.29, 1.82) is 0 Å². The van der Waals surface area contributed by atoms with E-state index >= 15 is 0 Å². The van der Waals surface area contributed by atoms with Gasteiger partial charge in [0.05, 0.1) is 11.1 Å². The molecule has 116 valence electrons. The molecule has 0 unspecified atom stereocenters. The molecular formula is C15H17BrF3NO. The predicted molar refractivity (Wildman–Crippen MR) is 78.1 cm³/mol. The van der Waals surface area contributed by atoms with Gasteiger partial charge in [-0.3, -0.25) is 4.79 Å². The van der Waals surface area contributed by atoms with E-state index in [1.165, 1.54) is 12.1 Å². The number of amides is 1. The van der Waals surface area contributed by atoms with Crippen LogP contribution in [-0.2, 0) is 6.18 Å². The molecule has 0 spiro atoms. The number of halogens is 4. The summed E-state index contributed by atoms with van der Waals surface area (Å²) < 4.78 is 39.5. The van der Waals surface area contributed by atoms with Crippen LogP contribution in [0.15, 0.2) is 22.7 Å². The van der Waals surface area contributed by atoms with Crippen LogP contribution in [0.25, 0.3) is 0 Å². The first-order valence-electron chi connectivity index (χ1n) is 6.91. The van der Waals surface area contributed by atoms with Crippen molar-refractivity contribution in [2.45, 2.75) is 50.7 Å². The molecule has 0 aromatic heterocycles. The first-order chi connectivity index (χ1) is 9.71. The van der Waals surface area contributed by atoms with Crippen LogP contribution in [0, 0.1) is 0 Å². The quantitative estimate of drug-likeness (QED) is 0.793. The third-order valence-corrected chi connectivity index (χ3v) is 4.40. The first-order valence-corrected chi connectivity index (χ1v) is 7.70. The third kappa shape index (κ3) is 3.99. The number of carbonyl (C=O) groups excluding carboxylic acids is 1. The van der Waals surface area contributed by atoms with E-state index in [0.717, 1.165) is 38.2 Å². The summed E-state index contributed by atoms with van der Waals surface area (Å²) in [5, 5.41) is 2.79. The van der Waals surface area contributed by atoms with Gasteiger partial charge in [-0.05, 0) is 38.0 Å². The average molecular weight is 364 g/mol. The Morgan fingerprint density at radius 3 is 2.43 bits per heavy atom. The lowest BCUT2D eigenvalue weighted by Crippen LogP contribution is -2.47. The fourth-order valence-electron chi connectivity index (χ4n) is 2.75. The molecule has 1 N–H and O–H groups in total. The van der Waals surface area contributed by atoms with E-state index in [1.807, 2.05) is 6.92 Å². The minimum Gasteiger partial charge on any atom is -0.347 e. The molecule has 0 bridgehead atoms. The largest absolute Gasteiger partial charge is 0.417 e. The molecule has 2 nitrogen and oxygen atoms in total. The van der Waals surface area contributed by atoms with Gasteiger partial charge >= 0.3 is 6.18 Å². The summed E-state index contributed by atoms with van der Waals surface area (Å²) in [6.07, 6.45) is 0.140. The van der Waals surface area contributed by atoms with Crippen molar-refractivity contribution in [3.05, 3.63) is 33.8 Å². The molecule has 6 heteroatoms. The van der Waals surface area contributed by atoms with E-state index in [0.29, 0.717) is 4.47 Å². The molecule has 1 aromatic carbocycles. The van der Waals surface area contributed by atoms with Crippen molar-refractivity contribution in [3.8, 4) is 0 Å². The van der Waals surface area contributed by atoms with E-state index in [-0.39, 0.29) is 5.56 Å². The van der Waals surface area contributed by atoms with E-state index < -0.39 is 23.2 Å². The fraction of sp³-hybridized carbons (Fsp3) is 0.533. The SMILES string of the molecule is CC1(NC(=O)c2ccc(Br)cc2C(F)(F)F)CCCCC1. The molecule has 1 aliphatic rings.